The standard InChI is InChI=1S/C20H13ClF3NO.C14H10BrF2NO.C12H24B2O4.C6H3BrClF/c21-16-10-9-12(11-17(16)22)13-5-3-4-8-18(13)25-20(26)15-7-2-1-6-14(15)19(23)24;15-11-7-3-4-8-12(11)18-14(19)10-6-2-1-5-9(10)13(16)17;1-9(2)10(3,4)16-13(15-9)14-17-11(5,6)12(7,8)18-14;7-4-1-2-5(8)6(9)3-4/h1-11,19H,(H,25,26);1-8,13H,(H,18,19);1-8H3;1-3H. The molecular formula is C52H50B2Br2Cl2F6N2O6. The van der Waals surface area contributed by atoms with Crippen LogP contribution in [0.15, 0.2) is 142 Å². The lowest BCUT2D eigenvalue weighted by Crippen LogP contribution is -2.41. The van der Waals surface area contributed by atoms with Crippen molar-refractivity contribution in [2.45, 2.75) is 90.6 Å². The highest BCUT2D eigenvalue weighted by atomic mass is 79.9. The van der Waals surface area contributed by atoms with Crippen LogP contribution in [0.3, 0.4) is 0 Å². The van der Waals surface area contributed by atoms with E-state index < -0.39 is 50.3 Å². The van der Waals surface area contributed by atoms with Crippen LogP contribution in [0.25, 0.3) is 11.1 Å². The Bertz CT molecular complexity index is 2800. The largest absolute Gasteiger partial charge is 0.488 e. The number of anilines is 2. The number of benzene rings is 6. The van der Waals surface area contributed by atoms with Gasteiger partial charge in [-0.05, 0) is 138 Å². The van der Waals surface area contributed by atoms with Gasteiger partial charge in [-0.1, -0.05) is 112 Å². The van der Waals surface area contributed by atoms with Gasteiger partial charge in [-0.25, -0.2) is 26.3 Å². The topological polar surface area (TPSA) is 95.1 Å². The summed E-state index contributed by atoms with van der Waals surface area (Å²) in [5.41, 5.74) is -0.221. The van der Waals surface area contributed by atoms with Crippen molar-refractivity contribution in [1.29, 1.82) is 0 Å². The number of hydrogen-bond donors (Lipinski definition) is 2. The first kappa shape index (κ1) is 58.2. The number of halogens is 10. The Labute approximate surface area is 443 Å². The number of nitrogens with one attached hydrogen (secondary N) is 2. The SMILES string of the molecule is CC1(C)OB(B2OC(C)(C)C(C)(C)O2)OC1(C)C.Fc1cc(Br)ccc1Cl.O=C(Nc1ccccc1-c1ccc(Cl)c(F)c1)c1ccccc1C(F)F.O=C(Nc1ccccc1Br)c1ccccc1C(F)F. The molecule has 0 aliphatic carbocycles. The first-order valence-corrected chi connectivity index (χ1v) is 24.5. The molecule has 6 aromatic rings. The van der Waals surface area contributed by atoms with Gasteiger partial charge in [-0.2, -0.15) is 0 Å². The highest BCUT2D eigenvalue weighted by Crippen LogP contribution is 2.43. The number of hydrogen-bond acceptors (Lipinski definition) is 6. The second-order valence-corrected chi connectivity index (χ2v) is 20.7. The molecule has 2 aliphatic heterocycles. The van der Waals surface area contributed by atoms with Gasteiger partial charge < -0.3 is 29.3 Å². The van der Waals surface area contributed by atoms with Crippen molar-refractivity contribution < 1.29 is 54.5 Å². The summed E-state index contributed by atoms with van der Waals surface area (Å²) in [7, 11) is -0.952. The zero-order valence-corrected chi connectivity index (χ0v) is 44.9. The lowest BCUT2D eigenvalue weighted by Gasteiger charge is -2.32. The van der Waals surface area contributed by atoms with E-state index in [0.717, 1.165) is 0 Å². The van der Waals surface area contributed by atoms with Crippen LogP contribution >= 0.6 is 55.1 Å². The monoisotopic (exact) mass is 1160 g/mol. The van der Waals surface area contributed by atoms with E-state index in [4.69, 9.17) is 41.8 Å². The number of alkyl halides is 4. The minimum atomic E-state index is -2.77. The van der Waals surface area contributed by atoms with Crippen molar-refractivity contribution >= 4 is 92.3 Å². The van der Waals surface area contributed by atoms with Crippen LogP contribution in [0.4, 0.5) is 37.7 Å². The first-order chi connectivity index (χ1) is 33.6. The van der Waals surface area contributed by atoms with E-state index in [9.17, 15) is 35.9 Å². The molecule has 20 heteroatoms. The summed E-state index contributed by atoms with van der Waals surface area (Å²) >= 11 is 17.5. The maximum Gasteiger partial charge on any atom is 0.488 e. The van der Waals surface area contributed by atoms with Crippen LogP contribution in [0.2, 0.25) is 10.0 Å². The summed E-state index contributed by atoms with van der Waals surface area (Å²) in [6, 6.07) is 33.7. The molecule has 8 nitrogen and oxygen atoms in total. The zero-order chi connectivity index (χ0) is 53.3. The molecule has 0 aromatic heterocycles. The van der Waals surface area contributed by atoms with Crippen LogP contribution < -0.4 is 10.6 Å². The number of amides is 2. The van der Waals surface area contributed by atoms with E-state index in [1.165, 1.54) is 66.7 Å². The fraction of sp³-hybridized carbons (Fsp3) is 0.269. The average Bonchev–Trinajstić information content (AvgIpc) is 3.69. The fourth-order valence-electron chi connectivity index (χ4n) is 6.71. The molecule has 0 unspecified atom stereocenters. The molecule has 0 radical (unpaired) electrons. The van der Waals surface area contributed by atoms with E-state index in [1.807, 2.05) is 55.4 Å². The van der Waals surface area contributed by atoms with Gasteiger partial charge in [0, 0.05) is 42.5 Å². The van der Waals surface area contributed by atoms with Gasteiger partial charge in [0.2, 0.25) is 0 Å². The van der Waals surface area contributed by atoms with Gasteiger partial charge in [-0.15, -0.1) is 0 Å². The maximum atomic E-state index is 13.8. The number of carbonyl (C=O) groups is 2. The van der Waals surface area contributed by atoms with Gasteiger partial charge in [0.05, 0.1) is 38.1 Å². The molecule has 2 aliphatic rings. The van der Waals surface area contributed by atoms with E-state index in [1.54, 1.807) is 66.7 Å². The van der Waals surface area contributed by atoms with E-state index in [0.29, 0.717) is 31.4 Å². The minimum Gasteiger partial charge on any atom is -0.405 e. The number of rotatable bonds is 8. The molecule has 2 N–H and O–H groups in total. The van der Waals surface area contributed by atoms with Crippen molar-refractivity contribution in [3.63, 3.8) is 0 Å². The van der Waals surface area contributed by atoms with Gasteiger partial charge in [0.1, 0.15) is 11.6 Å². The Morgan fingerprint density at radius 2 is 0.889 bits per heavy atom. The van der Waals surface area contributed by atoms with Crippen LogP contribution in [-0.4, -0.2) is 48.2 Å². The van der Waals surface area contributed by atoms with Crippen LogP contribution in [0.5, 0.6) is 0 Å². The average molecular weight is 1170 g/mol. The lowest BCUT2D eigenvalue weighted by molar-refractivity contribution is 0.00578. The lowest BCUT2D eigenvalue weighted by atomic mass is 9.49. The first-order valence-electron chi connectivity index (χ1n) is 22.1. The Morgan fingerprint density at radius 3 is 1.31 bits per heavy atom. The molecule has 72 heavy (non-hydrogen) atoms. The van der Waals surface area contributed by atoms with Crippen molar-refractivity contribution in [1.82, 2.24) is 0 Å². The Balaban J connectivity index is 0.000000188. The predicted molar refractivity (Wildman–Crippen MR) is 281 cm³/mol. The maximum absolute atomic E-state index is 13.8. The van der Waals surface area contributed by atoms with Gasteiger partial charge >= 0.3 is 14.0 Å². The molecule has 2 saturated heterocycles. The summed E-state index contributed by atoms with van der Waals surface area (Å²) in [4.78, 5) is 24.5. The van der Waals surface area contributed by atoms with Gasteiger partial charge in [0.15, 0.2) is 0 Å². The van der Waals surface area contributed by atoms with E-state index in [-0.39, 0.29) is 54.7 Å². The summed E-state index contributed by atoms with van der Waals surface area (Å²) < 4.78 is 103. The second kappa shape index (κ2) is 24.6. The van der Waals surface area contributed by atoms with Crippen LogP contribution in [0.1, 0.15) is 100 Å². The molecule has 0 bridgehead atoms. The molecule has 2 heterocycles. The Morgan fingerprint density at radius 1 is 0.514 bits per heavy atom. The molecule has 2 fully saturated rings. The Hall–Kier alpha value is -4.65. The molecule has 0 atom stereocenters. The smallest absolute Gasteiger partial charge is 0.405 e. The zero-order valence-electron chi connectivity index (χ0n) is 40.2. The fourth-order valence-corrected chi connectivity index (χ4v) is 7.66. The van der Waals surface area contributed by atoms with Crippen LogP contribution in [-0.2, 0) is 18.6 Å². The van der Waals surface area contributed by atoms with Crippen LogP contribution in [0, 0.1) is 11.6 Å². The molecule has 380 valence electrons. The van der Waals surface area contributed by atoms with Gasteiger partial charge in [0.25, 0.3) is 24.7 Å². The summed E-state index contributed by atoms with van der Waals surface area (Å²) in [6.45, 7) is 16.2. The Kier molecular flexibility index (Phi) is 19.9. The van der Waals surface area contributed by atoms with E-state index >= 15 is 0 Å². The molecule has 8 rings (SSSR count). The molecule has 2 amide bonds. The molecule has 0 saturated carbocycles. The third kappa shape index (κ3) is 14.8. The second-order valence-electron chi connectivity index (χ2n) is 18.1. The quantitative estimate of drug-likeness (QED) is 0.0896. The third-order valence-electron chi connectivity index (χ3n) is 12.1. The summed E-state index contributed by atoms with van der Waals surface area (Å²) in [5, 5.41) is 5.37. The predicted octanol–water partition coefficient (Wildman–Crippen LogP) is 16.5. The normalized spacial score (nSPS) is 15.9. The third-order valence-corrected chi connectivity index (χ3v) is 13.9. The summed E-state index contributed by atoms with van der Waals surface area (Å²) in [5.74, 6) is -2.20. The van der Waals surface area contributed by atoms with Crippen molar-refractivity contribution in [2.24, 2.45) is 0 Å². The highest BCUT2D eigenvalue weighted by molar-refractivity contribution is 9.10. The van der Waals surface area contributed by atoms with Crippen molar-refractivity contribution in [2.75, 3.05) is 10.6 Å². The minimum absolute atomic E-state index is 0.0128. The van der Waals surface area contributed by atoms with Crippen molar-refractivity contribution in [3.05, 3.63) is 186 Å². The molecule has 6 aromatic carbocycles. The van der Waals surface area contributed by atoms with Crippen molar-refractivity contribution in [3.8, 4) is 11.1 Å². The number of para-hydroxylation sites is 2. The molecule has 0 spiro atoms. The summed E-state index contributed by atoms with van der Waals surface area (Å²) in [6.07, 6.45) is -5.45. The van der Waals surface area contributed by atoms with E-state index in [2.05, 4.69) is 42.5 Å². The molecular weight excluding hydrogens is 1110 g/mol. The number of carbonyl (C=O) groups excluding carboxylic acids is 2. The highest BCUT2D eigenvalue weighted by Gasteiger charge is 2.63. The van der Waals surface area contributed by atoms with Gasteiger partial charge in [-0.3, -0.25) is 9.59 Å².